The lowest BCUT2D eigenvalue weighted by molar-refractivity contribution is 0.228. The Balaban J connectivity index is 1.67. The maximum absolute atomic E-state index is 10.2. The van der Waals surface area contributed by atoms with E-state index in [-0.39, 0.29) is 11.9 Å². The zero-order valence-corrected chi connectivity index (χ0v) is 18.7. The molecule has 4 rings (SSSR count). The van der Waals surface area contributed by atoms with E-state index in [9.17, 15) is 5.11 Å². The van der Waals surface area contributed by atoms with Crippen LogP contribution in [-0.4, -0.2) is 14.7 Å². The topological polar surface area (TPSA) is 47.3 Å². The van der Waals surface area contributed by atoms with E-state index >= 15 is 0 Å². The standard InChI is InChI=1S/C19H13Br2ClN2O2S/c1-10(12-4-2-3-5-14(12)22)26-11-6-16(27-8-11)24-9-23-15-7-13(20)19(25)17(21)18(15)24/h2-10,25H,1H3/t10-/m1/s1. The van der Waals surface area contributed by atoms with Gasteiger partial charge in [-0.15, -0.1) is 11.3 Å². The van der Waals surface area contributed by atoms with Crippen LogP contribution in [0, 0.1) is 0 Å². The second kappa shape index (κ2) is 7.47. The number of halogens is 3. The quantitative estimate of drug-likeness (QED) is 0.307. The highest BCUT2D eigenvalue weighted by atomic mass is 79.9. The number of rotatable bonds is 4. The van der Waals surface area contributed by atoms with Crippen LogP contribution < -0.4 is 4.74 Å². The highest BCUT2D eigenvalue weighted by Gasteiger charge is 2.17. The van der Waals surface area contributed by atoms with Gasteiger partial charge in [-0.05, 0) is 50.9 Å². The first-order valence-corrected chi connectivity index (χ1v) is 10.8. The number of fused-ring (bicyclic) bond motifs is 1. The lowest BCUT2D eigenvalue weighted by atomic mass is 10.1. The average Bonchev–Trinajstić information content (AvgIpc) is 3.27. The minimum atomic E-state index is -0.174. The van der Waals surface area contributed by atoms with Gasteiger partial charge in [-0.25, -0.2) is 4.98 Å². The molecule has 27 heavy (non-hydrogen) atoms. The van der Waals surface area contributed by atoms with Crippen molar-refractivity contribution in [1.29, 1.82) is 0 Å². The molecule has 0 saturated heterocycles. The molecule has 4 aromatic rings. The van der Waals surface area contributed by atoms with Gasteiger partial charge in [0.2, 0.25) is 0 Å². The van der Waals surface area contributed by atoms with Gasteiger partial charge in [0, 0.05) is 22.0 Å². The Kier molecular flexibility index (Phi) is 5.20. The molecule has 1 atom stereocenters. The molecule has 0 saturated carbocycles. The molecule has 2 aromatic carbocycles. The predicted octanol–water partition coefficient (Wildman–Crippen LogP) is 7.11. The maximum Gasteiger partial charge on any atom is 0.146 e. The molecular weight excluding hydrogens is 516 g/mol. The molecule has 0 radical (unpaired) electrons. The van der Waals surface area contributed by atoms with Crippen molar-refractivity contribution in [2.75, 3.05) is 0 Å². The molecule has 0 aliphatic rings. The lowest BCUT2D eigenvalue weighted by Crippen LogP contribution is -2.03. The smallest absolute Gasteiger partial charge is 0.146 e. The molecule has 8 heteroatoms. The third kappa shape index (κ3) is 3.49. The summed E-state index contributed by atoms with van der Waals surface area (Å²) in [4.78, 5) is 4.43. The highest BCUT2D eigenvalue weighted by molar-refractivity contribution is 9.11. The Morgan fingerprint density at radius 2 is 2.04 bits per heavy atom. The number of aromatic hydroxyl groups is 1. The van der Waals surface area contributed by atoms with E-state index in [4.69, 9.17) is 16.3 Å². The summed E-state index contributed by atoms with van der Waals surface area (Å²) in [7, 11) is 0. The Labute approximate surface area is 181 Å². The van der Waals surface area contributed by atoms with Gasteiger partial charge >= 0.3 is 0 Å². The third-order valence-electron chi connectivity index (χ3n) is 4.16. The molecule has 0 spiro atoms. The van der Waals surface area contributed by atoms with Gasteiger partial charge in [-0.1, -0.05) is 29.8 Å². The monoisotopic (exact) mass is 526 g/mol. The molecule has 0 unspecified atom stereocenters. The summed E-state index contributed by atoms with van der Waals surface area (Å²) in [6, 6.07) is 11.4. The van der Waals surface area contributed by atoms with Crippen molar-refractivity contribution < 1.29 is 9.84 Å². The fourth-order valence-electron chi connectivity index (χ4n) is 2.83. The molecule has 4 nitrogen and oxygen atoms in total. The van der Waals surface area contributed by atoms with Crippen LogP contribution in [0.25, 0.3) is 16.0 Å². The van der Waals surface area contributed by atoms with Gasteiger partial charge in [0.05, 0.1) is 20.0 Å². The first kappa shape index (κ1) is 18.8. The summed E-state index contributed by atoms with van der Waals surface area (Å²) in [5.41, 5.74) is 2.51. The van der Waals surface area contributed by atoms with Gasteiger partial charge in [0.15, 0.2) is 0 Å². The van der Waals surface area contributed by atoms with Gasteiger partial charge in [0.1, 0.15) is 28.9 Å². The fraction of sp³-hybridized carbons (Fsp3) is 0.105. The van der Waals surface area contributed by atoms with Crippen molar-refractivity contribution in [2.24, 2.45) is 0 Å². The van der Waals surface area contributed by atoms with Crippen LogP contribution >= 0.6 is 54.8 Å². The minimum absolute atomic E-state index is 0.143. The number of thiophene rings is 1. The predicted molar refractivity (Wildman–Crippen MR) is 117 cm³/mol. The van der Waals surface area contributed by atoms with E-state index in [1.165, 1.54) is 11.3 Å². The molecule has 2 aromatic heterocycles. The molecule has 0 aliphatic carbocycles. The van der Waals surface area contributed by atoms with E-state index in [1.807, 2.05) is 47.2 Å². The first-order valence-electron chi connectivity index (χ1n) is 7.99. The van der Waals surface area contributed by atoms with Crippen molar-refractivity contribution in [3.05, 3.63) is 67.6 Å². The van der Waals surface area contributed by atoms with Gasteiger partial charge in [-0.3, -0.25) is 4.57 Å². The van der Waals surface area contributed by atoms with Crippen LogP contribution in [0.2, 0.25) is 5.02 Å². The van der Waals surface area contributed by atoms with E-state index < -0.39 is 0 Å². The number of imidazole rings is 1. The van der Waals surface area contributed by atoms with Crippen molar-refractivity contribution >= 4 is 65.8 Å². The number of ether oxygens (including phenoxy) is 1. The second-order valence-electron chi connectivity index (χ2n) is 5.91. The lowest BCUT2D eigenvalue weighted by Gasteiger charge is -2.15. The van der Waals surface area contributed by atoms with Crippen LogP contribution in [0.1, 0.15) is 18.6 Å². The normalized spacial score (nSPS) is 12.4. The summed E-state index contributed by atoms with van der Waals surface area (Å²) in [5, 5.41) is 13.8. The number of nitrogens with zero attached hydrogens (tertiary/aromatic N) is 2. The number of benzene rings is 2. The molecule has 0 fully saturated rings. The van der Waals surface area contributed by atoms with Gasteiger partial charge in [0.25, 0.3) is 0 Å². The van der Waals surface area contributed by atoms with Crippen molar-refractivity contribution in [3.8, 4) is 16.5 Å². The second-order valence-corrected chi connectivity index (χ2v) is 8.85. The number of phenolic OH excluding ortho intramolecular Hbond substituents is 1. The van der Waals surface area contributed by atoms with Crippen molar-refractivity contribution in [3.63, 3.8) is 0 Å². The van der Waals surface area contributed by atoms with E-state index in [1.54, 1.807) is 12.4 Å². The van der Waals surface area contributed by atoms with Crippen molar-refractivity contribution in [1.82, 2.24) is 9.55 Å². The Bertz CT molecular complexity index is 1140. The van der Waals surface area contributed by atoms with Gasteiger partial charge < -0.3 is 9.84 Å². The number of hydrogen-bond acceptors (Lipinski definition) is 4. The zero-order chi connectivity index (χ0) is 19.1. The molecule has 0 amide bonds. The number of phenols is 1. The molecular formula is C19H13Br2ClN2O2S. The molecule has 0 aliphatic heterocycles. The van der Waals surface area contributed by atoms with Crippen molar-refractivity contribution in [2.45, 2.75) is 13.0 Å². The first-order chi connectivity index (χ1) is 13.0. The SMILES string of the molecule is C[C@@H](Oc1csc(-n2cnc3cc(Br)c(O)c(Br)c32)c1)c1ccccc1Cl. The Hall–Kier alpha value is -1.54. The Morgan fingerprint density at radius 3 is 2.81 bits per heavy atom. The van der Waals surface area contributed by atoms with E-state index in [0.717, 1.165) is 27.3 Å². The average molecular weight is 529 g/mol. The summed E-state index contributed by atoms with van der Waals surface area (Å²) >= 11 is 14.6. The number of hydrogen-bond donors (Lipinski definition) is 1. The zero-order valence-electron chi connectivity index (χ0n) is 14.0. The van der Waals surface area contributed by atoms with Crippen LogP contribution in [0.3, 0.4) is 0 Å². The summed E-state index contributed by atoms with van der Waals surface area (Å²) < 4.78 is 9.17. The van der Waals surface area contributed by atoms with Crippen LogP contribution in [-0.2, 0) is 0 Å². The van der Waals surface area contributed by atoms with E-state index in [0.29, 0.717) is 14.0 Å². The maximum atomic E-state index is 10.2. The number of aromatic nitrogens is 2. The van der Waals surface area contributed by atoms with Crippen LogP contribution in [0.15, 0.2) is 57.1 Å². The molecule has 2 heterocycles. The van der Waals surface area contributed by atoms with E-state index in [2.05, 4.69) is 36.8 Å². The molecule has 0 bridgehead atoms. The molecule has 1 N–H and O–H groups in total. The highest BCUT2D eigenvalue weighted by Crippen LogP contribution is 2.40. The summed E-state index contributed by atoms with van der Waals surface area (Å²) in [6.45, 7) is 1.97. The largest absolute Gasteiger partial charge is 0.505 e. The van der Waals surface area contributed by atoms with Crippen LogP contribution in [0.4, 0.5) is 0 Å². The Morgan fingerprint density at radius 1 is 1.26 bits per heavy atom. The fourth-order valence-corrected chi connectivity index (χ4v) is 5.20. The summed E-state index contributed by atoms with van der Waals surface area (Å²) in [6.07, 6.45) is 1.56. The summed E-state index contributed by atoms with van der Waals surface area (Å²) in [5.74, 6) is 0.895. The van der Waals surface area contributed by atoms with Crippen LogP contribution in [0.5, 0.6) is 11.5 Å². The third-order valence-corrected chi connectivity index (χ3v) is 6.76. The molecule has 138 valence electrons. The van der Waals surface area contributed by atoms with Gasteiger partial charge in [-0.2, -0.15) is 0 Å². The minimum Gasteiger partial charge on any atom is -0.505 e.